The van der Waals surface area contributed by atoms with Crippen LogP contribution in [0.5, 0.6) is 11.5 Å². The molecular formula is C19H23N3O3. The Kier molecular flexibility index (Phi) is 6.83. The van der Waals surface area contributed by atoms with E-state index >= 15 is 0 Å². The molecule has 0 unspecified atom stereocenters. The normalized spacial score (nSPS) is 10.9. The number of nitrogens with zero attached hydrogens (tertiary/aromatic N) is 1. The first-order chi connectivity index (χ1) is 12.1. The van der Waals surface area contributed by atoms with Crippen LogP contribution < -0.4 is 20.2 Å². The summed E-state index contributed by atoms with van der Waals surface area (Å²) in [4.78, 5) is 11.9. The lowest BCUT2D eigenvalue weighted by Crippen LogP contribution is -2.27. The van der Waals surface area contributed by atoms with Gasteiger partial charge in [0.25, 0.3) is 5.91 Å². The lowest BCUT2D eigenvalue weighted by molar-refractivity contribution is -0.119. The van der Waals surface area contributed by atoms with E-state index < -0.39 is 0 Å². The van der Waals surface area contributed by atoms with Crippen molar-refractivity contribution in [2.75, 3.05) is 26.1 Å². The third kappa shape index (κ3) is 5.53. The molecule has 0 heterocycles. The first-order valence-electron chi connectivity index (χ1n) is 7.94. The highest BCUT2D eigenvalue weighted by Gasteiger charge is 2.06. The van der Waals surface area contributed by atoms with Gasteiger partial charge in [0.15, 0.2) is 0 Å². The Bertz CT molecular complexity index is 744. The number of hydrogen-bond acceptors (Lipinski definition) is 5. The average molecular weight is 341 g/mol. The van der Waals surface area contributed by atoms with Crippen molar-refractivity contribution in [2.45, 2.75) is 13.3 Å². The van der Waals surface area contributed by atoms with E-state index in [4.69, 9.17) is 9.47 Å². The summed E-state index contributed by atoms with van der Waals surface area (Å²) in [5, 5.41) is 7.17. The highest BCUT2D eigenvalue weighted by molar-refractivity contribution is 5.87. The minimum absolute atomic E-state index is 0.103. The molecule has 0 aliphatic carbocycles. The third-order valence-electron chi connectivity index (χ3n) is 3.56. The number of rotatable bonds is 8. The van der Waals surface area contributed by atoms with Gasteiger partial charge in [-0.3, -0.25) is 4.79 Å². The molecule has 0 radical (unpaired) electrons. The molecule has 6 nitrogen and oxygen atoms in total. The fourth-order valence-corrected chi connectivity index (χ4v) is 2.33. The van der Waals surface area contributed by atoms with Crippen molar-refractivity contribution >= 4 is 17.3 Å². The second kappa shape index (κ2) is 9.32. The van der Waals surface area contributed by atoms with Crippen LogP contribution in [0.1, 0.15) is 12.5 Å². The summed E-state index contributed by atoms with van der Waals surface area (Å²) >= 11 is 0. The number of para-hydroxylation sites is 3. The van der Waals surface area contributed by atoms with E-state index in [9.17, 15) is 4.79 Å². The van der Waals surface area contributed by atoms with Crippen LogP contribution >= 0.6 is 0 Å². The molecule has 1 amide bonds. The number of hydrazone groups is 1. The lowest BCUT2D eigenvalue weighted by atomic mass is 10.1. The molecule has 0 aliphatic heterocycles. The maximum absolute atomic E-state index is 11.9. The minimum atomic E-state index is -0.231. The van der Waals surface area contributed by atoms with Crippen LogP contribution in [0.3, 0.4) is 0 Å². The monoisotopic (exact) mass is 341 g/mol. The first-order valence-corrected chi connectivity index (χ1v) is 7.94. The van der Waals surface area contributed by atoms with E-state index in [2.05, 4.69) is 15.8 Å². The molecule has 132 valence electrons. The summed E-state index contributed by atoms with van der Waals surface area (Å²) in [6.07, 6.45) is 0.601. The number of benzene rings is 2. The van der Waals surface area contributed by atoms with Crippen LogP contribution in [0, 0.1) is 0 Å². The molecule has 2 aromatic carbocycles. The van der Waals surface area contributed by atoms with Gasteiger partial charge in [0.2, 0.25) is 0 Å². The number of anilines is 1. The van der Waals surface area contributed by atoms with Crippen molar-refractivity contribution in [3.05, 3.63) is 54.1 Å². The van der Waals surface area contributed by atoms with Gasteiger partial charge < -0.3 is 14.8 Å². The topological polar surface area (TPSA) is 72.0 Å². The Morgan fingerprint density at radius 3 is 2.36 bits per heavy atom. The average Bonchev–Trinajstić information content (AvgIpc) is 2.65. The number of ether oxygens (including phenoxy) is 2. The van der Waals surface area contributed by atoms with Crippen LogP contribution in [0.15, 0.2) is 53.6 Å². The molecule has 0 saturated carbocycles. The van der Waals surface area contributed by atoms with Crippen LogP contribution in [0.2, 0.25) is 0 Å². The Morgan fingerprint density at radius 2 is 1.64 bits per heavy atom. The quantitative estimate of drug-likeness (QED) is 0.572. The molecule has 0 fully saturated rings. The molecule has 2 aromatic rings. The van der Waals surface area contributed by atoms with E-state index in [1.165, 1.54) is 0 Å². The molecule has 25 heavy (non-hydrogen) atoms. The van der Waals surface area contributed by atoms with Crippen molar-refractivity contribution in [3.63, 3.8) is 0 Å². The fraction of sp³-hybridized carbons (Fsp3) is 0.263. The summed E-state index contributed by atoms with van der Waals surface area (Å²) < 4.78 is 10.5. The number of carbonyl (C=O) groups excluding carboxylic acids is 1. The smallest absolute Gasteiger partial charge is 0.259 e. The van der Waals surface area contributed by atoms with E-state index in [0.717, 1.165) is 22.7 Å². The van der Waals surface area contributed by atoms with Gasteiger partial charge in [-0.15, -0.1) is 0 Å². The number of carbonyl (C=O) groups is 1. The number of nitrogens with one attached hydrogen (secondary N) is 2. The summed E-state index contributed by atoms with van der Waals surface area (Å²) in [6.45, 7) is 1.96. The van der Waals surface area contributed by atoms with E-state index in [1.807, 2.05) is 55.5 Å². The Balaban J connectivity index is 1.87. The summed E-state index contributed by atoms with van der Waals surface area (Å²) in [6, 6.07) is 15.2. The van der Waals surface area contributed by atoms with Crippen molar-refractivity contribution in [3.8, 4) is 11.5 Å². The van der Waals surface area contributed by atoms with E-state index in [-0.39, 0.29) is 12.5 Å². The second-order valence-corrected chi connectivity index (χ2v) is 5.42. The van der Waals surface area contributed by atoms with Gasteiger partial charge in [-0.05, 0) is 30.7 Å². The molecule has 0 atom stereocenters. The van der Waals surface area contributed by atoms with Gasteiger partial charge in [0, 0.05) is 12.1 Å². The predicted molar refractivity (Wildman–Crippen MR) is 99.4 cm³/mol. The molecule has 0 saturated heterocycles. The largest absolute Gasteiger partial charge is 0.496 e. The Labute approximate surface area is 147 Å². The van der Waals surface area contributed by atoms with Crippen LogP contribution in [0.25, 0.3) is 0 Å². The van der Waals surface area contributed by atoms with Crippen molar-refractivity contribution in [1.82, 2.24) is 5.43 Å². The second-order valence-electron chi connectivity index (χ2n) is 5.42. The molecule has 0 aromatic heterocycles. The van der Waals surface area contributed by atoms with Gasteiger partial charge in [-0.1, -0.05) is 30.3 Å². The zero-order chi connectivity index (χ0) is 18.1. The maximum atomic E-state index is 11.9. The molecule has 0 spiro atoms. The van der Waals surface area contributed by atoms with Crippen LogP contribution in [0.4, 0.5) is 5.69 Å². The van der Waals surface area contributed by atoms with E-state index in [0.29, 0.717) is 12.2 Å². The Hall–Kier alpha value is -3.02. The number of methoxy groups -OCH3 is 2. The molecule has 2 rings (SSSR count). The molecule has 2 N–H and O–H groups in total. The molecule has 6 heteroatoms. The summed E-state index contributed by atoms with van der Waals surface area (Å²) in [5.41, 5.74) is 5.12. The fourth-order valence-electron chi connectivity index (χ4n) is 2.33. The number of hydrogen-bond donors (Lipinski definition) is 2. The first kappa shape index (κ1) is 18.3. The van der Waals surface area contributed by atoms with Crippen molar-refractivity contribution in [2.24, 2.45) is 5.10 Å². The van der Waals surface area contributed by atoms with Crippen LogP contribution in [-0.2, 0) is 11.2 Å². The van der Waals surface area contributed by atoms with Crippen molar-refractivity contribution in [1.29, 1.82) is 0 Å². The summed E-state index contributed by atoms with van der Waals surface area (Å²) in [5.74, 6) is 1.26. The SMILES string of the molecule is COc1ccccc1C/C(C)=N\NC(=O)CNc1ccccc1OC. The lowest BCUT2D eigenvalue weighted by Gasteiger charge is -2.10. The molecule has 0 aliphatic rings. The highest BCUT2D eigenvalue weighted by Crippen LogP contribution is 2.22. The van der Waals surface area contributed by atoms with Gasteiger partial charge in [-0.25, -0.2) is 5.43 Å². The summed E-state index contributed by atoms with van der Waals surface area (Å²) in [7, 11) is 3.22. The Morgan fingerprint density at radius 1 is 1.00 bits per heavy atom. The molecular weight excluding hydrogens is 318 g/mol. The van der Waals surface area contributed by atoms with Gasteiger partial charge in [-0.2, -0.15) is 5.10 Å². The van der Waals surface area contributed by atoms with Gasteiger partial charge >= 0.3 is 0 Å². The van der Waals surface area contributed by atoms with Gasteiger partial charge in [0.1, 0.15) is 11.5 Å². The predicted octanol–water partition coefficient (Wildman–Crippen LogP) is 2.85. The number of amides is 1. The minimum Gasteiger partial charge on any atom is -0.496 e. The zero-order valence-electron chi connectivity index (χ0n) is 14.7. The maximum Gasteiger partial charge on any atom is 0.259 e. The van der Waals surface area contributed by atoms with Crippen LogP contribution in [-0.4, -0.2) is 32.4 Å². The van der Waals surface area contributed by atoms with Crippen molar-refractivity contribution < 1.29 is 14.3 Å². The van der Waals surface area contributed by atoms with E-state index in [1.54, 1.807) is 14.2 Å². The third-order valence-corrected chi connectivity index (χ3v) is 3.56. The molecule has 0 bridgehead atoms. The van der Waals surface area contributed by atoms with Gasteiger partial charge in [0.05, 0.1) is 26.5 Å². The zero-order valence-corrected chi connectivity index (χ0v) is 14.7. The highest BCUT2D eigenvalue weighted by atomic mass is 16.5. The standard InChI is InChI=1S/C19H23N3O3/c1-14(12-15-8-4-6-10-17(15)24-2)21-22-19(23)13-20-16-9-5-7-11-18(16)25-3/h4-11,20H,12-13H2,1-3H3,(H,22,23)/b21-14-.